The lowest BCUT2D eigenvalue weighted by Gasteiger charge is -2.38. The minimum absolute atomic E-state index is 0.104. The normalized spacial score (nSPS) is 15.5. The second-order valence-electron chi connectivity index (χ2n) is 8.79. The maximum absolute atomic E-state index is 13.4. The third kappa shape index (κ3) is 5.24. The first-order valence-corrected chi connectivity index (χ1v) is 12.2. The average Bonchev–Trinajstić information content (AvgIpc) is 2.82. The standard InChI is InChI=1S/C28H30BrNO2/c1-20(2)24-17-23-14-16-25(15-13-21-9-5-3-6-10-21)30(27(23)26(29)18-24)28(31)32-19-22-11-7-4-8-12-22/h3-12,17-18,20,25H,13-16,19H2,1-2H3. The number of carbonyl (C=O) groups excluding carboxylic acids is 1. The molecule has 1 heterocycles. The van der Waals surface area contributed by atoms with E-state index in [0.29, 0.717) is 5.92 Å². The van der Waals surface area contributed by atoms with Gasteiger partial charge in [0.15, 0.2) is 0 Å². The van der Waals surface area contributed by atoms with E-state index in [1.54, 1.807) is 0 Å². The van der Waals surface area contributed by atoms with Gasteiger partial charge in [0, 0.05) is 10.5 Å². The maximum Gasteiger partial charge on any atom is 0.414 e. The Balaban J connectivity index is 1.60. The van der Waals surface area contributed by atoms with Crippen molar-refractivity contribution in [1.82, 2.24) is 0 Å². The van der Waals surface area contributed by atoms with Crippen LogP contribution in [-0.2, 0) is 24.2 Å². The smallest absolute Gasteiger partial charge is 0.414 e. The van der Waals surface area contributed by atoms with Gasteiger partial charge in [0.2, 0.25) is 0 Å². The van der Waals surface area contributed by atoms with Crippen LogP contribution in [0.1, 0.15) is 54.9 Å². The van der Waals surface area contributed by atoms with Crippen LogP contribution in [0.25, 0.3) is 0 Å². The molecule has 3 aromatic rings. The molecule has 1 aliphatic heterocycles. The fraction of sp³-hybridized carbons (Fsp3) is 0.321. The number of carbonyl (C=O) groups is 1. The SMILES string of the molecule is CC(C)c1cc(Br)c2c(c1)CCC(CCc1ccccc1)N2C(=O)OCc1ccccc1. The molecule has 0 aromatic heterocycles. The number of ether oxygens (including phenoxy) is 1. The molecule has 3 aromatic carbocycles. The van der Waals surface area contributed by atoms with Gasteiger partial charge in [0.1, 0.15) is 6.61 Å². The molecule has 1 aliphatic rings. The Bertz CT molecular complexity index is 1050. The van der Waals surface area contributed by atoms with Gasteiger partial charge in [-0.1, -0.05) is 80.6 Å². The molecule has 0 N–H and O–H groups in total. The van der Waals surface area contributed by atoms with E-state index in [2.05, 4.69) is 66.2 Å². The number of rotatable bonds is 6. The van der Waals surface area contributed by atoms with E-state index in [1.165, 1.54) is 16.7 Å². The highest BCUT2D eigenvalue weighted by Gasteiger charge is 2.34. The topological polar surface area (TPSA) is 29.5 Å². The summed E-state index contributed by atoms with van der Waals surface area (Å²) in [5.41, 5.74) is 5.77. The van der Waals surface area contributed by atoms with Gasteiger partial charge in [-0.3, -0.25) is 4.90 Å². The predicted octanol–water partition coefficient (Wildman–Crippen LogP) is 7.66. The molecular weight excluding hydrogens is 462 g/mol. The zero-order valence-corrected chi connectivity index (χ0v) is 20.3. The zero-order chi connectivity index (χ0) is 22.5. The molecular formula is C28H30BrNO2. The average molecular weight is 492 g/mol. The molecule has 0 aliphatic carbocycles. The Labute approximate surface area is 199 Å². The van der Waals surface area contributed by atoms with Gasteiger partial charge in [-0.05, 0) is 75.9 Å². The van der Waals surface area contributed by atoms with Crippen LogP contribution in [0.5, 0.6) is 0 Å². The summed E-state index contributed by atoms with van der Waals surface area (Å²) >= 11 is 3.78. The minimum Gasteiger partial charge on any atom is -0.444 e. The Morgan fingerprint density at radius 3 is 2.34 bits per heavy atom. The van der Waals surface area contributed by atoms with Gasteiger partial charge >= 0.3 is 6.09 Å². The molecule has 3 nitrogen and oxygen atoms in total. The van der Waals surface area contributed by atoms with Crippen molar-refractivity contribution in [2.75, 3.05) is 4.90 Å². The second kappa shape index (κ2) is 10.4. The van der Waals surface area contributed by atoms with Crippen molar-refractivity contribution in [2.24, 2.45) is 0 Å². The van der Waals surface area contributed by atoms with Crippen molar-refractivity contribution in [2.45, 2.75) is 58.1 Å². The number of amides is 1. The van der Waals surface area contributed by atoms with Crippen LogP contribution in [0.2, 0.25) is 0 Å². The molecule has 4 rings (SSSR count). The number of benzene rings is 3. The largest absolute Gasteiger partial charge is 0.444 e. The fourth-order valence-corrected chi connectivity index (χ4v) is 5.10. The van der Waals surface area contributed by atoms with Crippen LogP contribution in [-0.4, -0.2) is 12.1 Å². The van der Waals surface area contributed by atoms with Gasteiger partial charge < -0.3 is 4.74 Å². The minimum atomic E-state index is -0.272. The van der Waals surface area contributed by atoms with Crippen LogP contribution in [0.4, 0.5) is 10.5 Å². The summed E-state index contributed by atoms with van der Waals surface area (Å²) in [4.78, 5) is 15.3. The zero-order valence-electron chi connectivity index (χ0n) is 18.8. The van der Waals surface area contributed by atoms with E-state index in [4.69, 9.17) is 4.74 Å². The summed E-state index contributed by atoms with van der Waals surface area (Å²) in [6, 6.07) is 24.9. The highest BCUT2D eigenvalue weighted by molar-refractivity contribution is 9.10. The Hall–Kier alpha value is -2.59. The molecule has 1 unspecified atom stereocenters. The van der Waals surface area contributed by atoms with Crippen LogP contribution in [0.15, 0.2) is 77.3 Å². The number of halogens is 1. The number of anilines is 1. The van der Waals surface area contributed by atoms with Crippen LogP contribution in [0.3, 0.4) is 0 Å². The molecule has 0 bridgehead atoms. The van der Waals surface area contributed by atoms with Crippen molar-refractivity contribution in [3.63, 3.8) is 0 Å². The summed E-state index contributed by atoms with van der Waals surface area (Å²) in [5, 5.41) is 0. The molecule has 4 heteroatoms. The van der Waals surface area contributed by atoms with Crippen molar-refractivity contribution < 1.29 is 9.53 Å². The van der Waals surface area contributed by atoms with Gasteiger partial charge in [-0.25, -0.2) is 4.79 Å². The first-order chi connectivity index (χ1) is 15.5. The highest BCUT2D eigenvalue weighted by atomic mass is 79.9. The molecule has 0 saturated heterocycles. The molecule has 0 radical (unpaired) electrons. The van der Waals surface area contributed by atoms with Gasteiger partial charge in [-0.2, -0.15) is 0 Å². The van der Waals surface area contributed by atoms with Crippen molar-refractivity contribution in [1.29, 1.82) is 0 Å². The van der Waals surface area contributed by atoms with Crippen LogP contribution < -0.4 is 4.90 Å². The lowest BCUT2D eigenvalue weighted by Crippen LogP contribution is -2.44. The van der Waals surface area contributed by atoms with E-state index in [1.807, 2.05) is 41.3 Å². The Kier molecular flexibility index (Phi) is 7.31. The van der Waals surface area contributed by atoms with E-state index in [0.717, 1.165) is 41.4 Å². The number of hydrogen-bond donors (Lipinski definition) is 0. The molecule has 0 fully saturated rings. The Morgan fingerprint density at radius 1 is 1.03 bits per heavy atom. The lowest BCUT2D eigenvalue weighted by atomic mass is 9.89. The number of fused-ring (bicyclic) bond motifs is 1. The lowest BCUT2D eigenvalue weighted by molar-refractivity contribution is 0.143. The number of hydrogen-bond acceptors (Lipinski definition) is 2. The molecule has 32 heavy (non-hydrogen) atoms. The summed E-state index contributed by atoms with van der Waals surface area (Å²) < 4.78 is 6.78. The van der Waals surface area contributed by atoms with Gasteiger partial charge in [0.05, 0.1) is 5.69 Å². The van der Waals surface area contributed by atoms with Crippen molar-refractivity contribution >= 4 is 27.7 Å². The summed E-state index contributed by atoms with van der Waals surface area (Å²) in [6.07, 6.45) is 3.48. The van der Waals surface area contributed by atoms with E-state index in [-0.39, 0.29) is 18.7 Å². The van der Waals surface area contributed by atoms with Crippen LogP contribution >= 0.6 is 15.9 Å². The first-order valence-electron chi connectivity index (χ1n) is 11.4. The summed E-state index contributed by atoms with van der Waals surface area (Å²) in [7, 11) is 0. The third-order valence-corrected chi connectivity index (χ3v) is 6.80. The fourth-order valence-electron chi connectivity index (χ4n) is 4.39. The monoisotopic (exact) mass is 491 g/mol. The van der Waals surface area contributed by atoms with Crippen molar-refractivity contribution in [3.05, 3.63) is 99.5 Å². The van der Waals surface area contributed by atoms with Crippen molar-refractivity contribution in [3.8, 4) is 0 Å². The van der Waals surface area contributed by atoms with E-state index in [9.17, 15) is 4.79 Å². The predicted molar refractivity (Wildman–Crippen MR) is 134 cm³/mol. The summed E-state index contributed by atoms with van der Waals surface area (Å²) in [6.45, 7) is 4.68. The third-order valence-electron chi connectivity index (χ3n) is 6.20. The highest BCUT2D eigenvalue weighted by Crippen LogP contribution is 2.41. The quantitative estimate of drug-likeness (QED) is 0.354. The van der Waals surface area contributed by atoms with Gasteiger partial charge in [-0.15, -0.1) is 0 Å². The number of nitrogens with zero attached hydrogens (tertiary/aromatic N) is 1. The van der Waals surface area contributed by atoms with E-state index >= 15 is 0 Å². The molecule has 166 valence electrons. The molecule has 1 amide bonds. The molecule has 0 spiro atoms. The maximum atomic E-state index is 13.4. The molecule has 1 atom stereocenters. The van der Waals surface area contributed by atoms with Crippen LogP contribution in [0, 0.1) is 0 Å². The summed E-state index contributed by atoms with van der Waals surface area (Å²) in [5.74, 6) is 0.436. The number of aryl methyl sites for hydroxylation is 2. The van der Waals surface area contributed by atoms with E-state index < -0.39 is 0 Å². The van der Waals surface area contributed by atoms with Gasteiger partial charge in [0.25, 0.3) is 0 Å². The molecule has 0 saturated carbocycles. The first kappa shape index (κ1) is 22.6. The Morgan fingerprint density at radius 2 is 1.69 bits per heavy atom. The second-order valence-corrected chi connectivity index (χ2v) is 9.65.